The zero-order valence-electron chi connectivity index (χ0n) is 24.5. The zero-order valence-corrected chi connectivity index (χ0v) is 26.0. The van der Waals surface area contributed by atoms with Crippen LogP contribution >= 0.6 is 23.4 Å². The second kappa shape index (κ2) is 16.2. The molecule has 0 radical (unpaired) electrons. The van der Waals surface area contributed by atoms with Crippen LogP contribution in [0.15, 0.2) is 126 Å². The molecule has 1 N–H and O–H groups in total. The van der Waals surface area contributed by atoms with E-state index < -0.39 is 0 Å². The highest BCUT2D eigenvalue weighted by molar-refractivity contribution is 7.99. The number of nitrogens with one attached hydrogen (secondary N) is 1. The van der Waals surface area contributed by atoms with Gasteiger partial charge in [0.1, 0.15) is 5.82 Å². The zero-order chi connectivity index (χ0) is 30.6. The summed E-state index contributed by atoms with van der Waals surface area (Å²) in [4.78, 5) is 20.6. The summed E-state index contributed by atoms with van der Waals surface area (Å²) >= 11 is 8.15. The van der Waals surface area contributed by atoms with Crippen molar-refractivity contribution in [2.24, 2.45) is 0 Å². The van der Waals surface area contributed by atoms with Crippen LogP contribution in [0.1, 0.15) is 38.3 Å². The number of rotatable bonds is 14. The van der Waals surface area contributed by atoms with Crippen molar-refractivity contribution >= 4 is 29.3 Å². The van der Waals surface area contributed by atoms with Crippen molar-refractivity contribution in [2.75, 3.05) is 12.3 Å². The third-order valence-corrected chi connectivity index (χ3v) is 8.70. The molecule has 0 fully saturated rings. The number of amides is 1. The van der Waals surface area contributed by atoms with Crippen LogP contribution in [0.3, 0.4) is 0 Å². The number of thioether (sulfide) groups is 1. The Hall–Kier alpha value is -3.97. The first-order chi connectivity index (χ1) is 21.5. The highest BCUT2D eigenvalue weighted by atomic mass is 35.5. The van der Waals surface area contributed by atoms with Crippen molar-refractivity contribution < 1.29 is 9.18 Å². The Morgan fingerprint density at radius 2 is 1.50 bits per heavy atom. The number of pyridine rings is 1. The summed E-state index contributed by atoms with van der Waals surface area (Å²) in [6, 6.07) is 37.0. The highest BCUT2D eigenvalue weighted by Gasteiger charge is 2.14. The molecule has 44 heavy (non-hydrogen) atoms. The lowest BCUT2D eigenvalue weighted by atomic mass is 10.1. The van der Waals surface area contributed by atoms with Crippen molar-refractivity contribution in [1.82, 2.24) is 15.2 Å². The van der Waals surface area contributed by atoms with E-state index in [0.29, 0.717) is 35.8 Å². The molecule has 0 bridgehead atoms. The average molecular weight is 624 g/mol. The highest BCUT2D eigenvalue weighted by Crippen LogP contribution is 2.23. The van der Waals surface area contributed by atoms with Gasteiger partial charge in [0.25, 0.3) is 5.91 Å². The number of aromatic nitrogens is 1. The maximum atomic E-state index is 14.6. The number of hydrogen-bond acceptors (Lipinski definition) is 4. The molecule has 0 aliphatic rings. The lowest BCUT2D eigenvalue weighted by Gasteiger charge is -2.23. The van der Waals surface area contributed by atoms with Gasteiger partial charge >= 0.3 is 0 Å². The van der Waals surface area contributed by atoms with E-state index in [0.717, 1.165) is 42.0 Å². The van der Waals surface area contributed by atoms with Crippen molar-refractivity contribution in [3.8, 4) is 0 Å². The first-order valence-electron chi connectivity index (χ1n) is 14.7. The van der Waals surface area contributed by atoms with Crippen molar-refractivity contribution in [1.29, 1.82) is 0 Å². The van der Waals surface area contributed by atoms with E-state index in [4.69, 9.17) is 11.6 Å². The van der Waals surface area contributed by atoms with E-state index in [1.165, 1.54) is 16.5 Å². The van der Waals surface area contributed by atoms with E-state index >= 15 is 0 Å². The van der Waals surface area contributed by atoms with Gasteiger partial charge in [-0.3, -0.25) is 14.7 Å². The monoisotopic (exact) mass is 623 g/mol. The maximum absolute atomic E-state index is 14.6. The predicted molar refractivity (Wildman–Crippen MR) is 178 cm³/mol. The number of halogens is 2. The van der Waals surface area contributed by atoms with Crippen LogP contribution in [0.4, 0.5) is 4.39 Å². The Bertz CT molecular complexity index is 1600. The minimum Gasteiger partial charge on any atom is -0.348 e. The lowest BCUT2D eigenvalue weighted by molar-refractivity contribution is 0.0951. The number of benzene rings is 4. The molecule has 5 aromatic rings. The van der Waals surface area contributed by atoms with Gasteiger partial charge in [0.15, 0.2) is 0 Å². The Kier molecular flexibility index (Phi) is 11.6. The van der Waals surface area contributed by atoms with Crippen LogP contribution in [-0.4, -0.2) is 28.1 Å². The SMILES string of the molecule is O=C(NCc1ccc(CN(CCSc2ccccc2)Cc2c(F)cccc2Cl)cc1)c1ccc(CCc2ccccn2)cc1. The largest absolute Gasteiger partial charge is 0.348 e. The second-order valence-electron chi connectivity index (χ2n) is 10.6. The summed E-state index contributed by atoms with van der Waals surface area (Å²) < 4.78 is 14.6. The van der Waals surface area contributed by atoms with Crippen LogP contribution in [-0.2, 0) is 32.5 Å². The fraction of sp³-hybridized carbons (Fsp3) is 0.189. The maximum Gasteiger partial charge on any atom is 0.251 e. The van der Waals surface area contributed by atoms with Gasteiger partial charge in [0, 0.05) is 64.9 Å². The summed E-state index contributed by atoms with van der Waals surface area (Å²) in [7, 11) is 0. The standard InChI is InChI=1S/C37H35ClFN3OS/c38-35-10-6-11-36(39)34(35)27-42(23-24-44-33-8-2-1-3-9-33)26-30-14-12-29(13-15-30)25-41-37(43)31-19-16-28(17-20-31)18-21-32-7-4-5-22-40-32/h1-17,19-20,22H,18,21,23-27H2,(H,41,43). The fourth-order valence-corrected chi connectivity index (χ4v) is 6.03. The van der Waals surface area contributed by atoms with Crippen molar-refractivity contribution in [2.45, 2.75) is 37.4 Å². The number of aryl methyl sites for hydroxylation is 2. The Morgan fingerprint density at radius 3 is 2.23 bits per heavy atom. The molecule has 4 nitrogen and oxygen atoms in total. The van der Waals surface area contributed by atoms with Crippen molar-refractivity contribution in [3.63, 3.8) is 0 Å². The van der Waals surface area contributed by atoms with E-state index in [-0.39, 0.29) is 11.7 Å². The molecule has 0 unspecified atom stereocenters. The molecule has 1 heterocycles. The first kappa shape index (κ1) is 31.5. The normalized spacial score (nSPS) is 11.1. The molecule has 0 saturated carbocycles. The van der Waals surface area contributed by atoms with Gasteiger partial charge in [-0.1, -0.05) is 78.3 Å². The molecular formula is C37H35ClFN3OS. The fourth-order valence-electron chi connectivity index (χ4n) is 4.88. The quantitative estimate of drug-likeness (QED) is 0.126. The summed E-state index contributed by atoms with van der Waals surface area (Å²) in [5, 5.41) is 3.46. The second-order valence-corrected chi connectivity index (χ2v) is 12.2. The van der Waals surface area contributed by atoms with E-state index in [2.05, 4.69) is 39.5 Å². The molecule has 0 atom stereocenters. The van der Waals surface area contributed by atoms with Gasteiger partial charge in [-0.25, -0.2) is 4.39 Å². The lowest BCUT2D eigenvalue weighted by Crippen LogP contribution is -2.26. The van der Waals surface area contributed by atoms with Gasteiger partial charge in [-0.05, 0) is 78.1 Å². The number of carbonyl (C=O) groups excluding carboxylic acids is 1. The molecule has 0 aliphatic carbocycles. The van der Waals surface area contributed by atoms with Crippen LogP contribution < -0.4 is 5.32 Å². The van der Waals surface area contributed by atoms with Gasteiger partial charge in [-0.2, -0.15) is 0 Å². The van der Waals surface area contributed by atoms with Crippen LogP contribution in [0.2, 0.25) is 5.02 Å². The molecule has 0 saturated heterocycles. The average Bonchev–Trinajstić information content (AvgIpc) is 3.06. The summed E-state index contributed by atoms with van der Waals surface area (Å²) in [5.41, 5.74) is 5.51. The predicted octanol–water partition coefficient (Wildman–Crippen LogP) is 8.38. The van der Waals surface area contributed by atoms with Gasteiger partial charge < -0.3 is 5.32 Å². The summed E-state index contributed by atoms with van der Waals surface area (Å²) in [6.45, 7) is 2.27. The number of nitrogens with zero attached hydrogens (tertiary/aromatic N) is 2. The van der Waals surface area contributed by atoms with Gasteiger partial charge in [-0.15, -0.1) is 11.8 Å². The minimum absolute atomic E-state index is 0.103. The molecule has 5 rings (SSSR count). The third kappa shape index (κ3) is 9.52. The number of carbonyl (C=O) groups is 1. The van der Waals surface area contributed by atoms with Crippen LogP contribution in [0.5, 0.6) is 0 Å². The van der Waals surface area contributed by atoms with E-state index in [9.17, 15) is 9.18 Å². The molecule has 1 aromatic heterocycles. The molecule has 0 spiro atoms. The molecule has 1 amide bonds. The van der Waals surface area contributed by atoms with Gasteiger partial charge in [0.05, 0.1) is 0 Å². The molecule has 7 heteroatoms. The van der Waals surface area contributed by atoms with Crippen molar-refractivity contribution in [3.05, 3.63) is 166 Å². The summed E-state index contributed by atoms with van der Waals surface area (Å²) in [6.07, 6.45) is 3.55. The Morgan fingerprint density at radius 1 is 0.773 bits per heavy atom. The molecule has 0 aliphatic heterocycles. The third-order valence-electron chi connectivity index (χ3n) is 7.36. The van der Waals surface area contributed by atoms with Crippen LogP contribution in [0.25, 0.3) is 0 Å². The summed E-state index contributed by atoms with van der Waals surface area (Å²) in [5.74, 6) is 0.475. The number of hydrogen-bond donors (Lipinski definition) is 1. The Labute approximate surface area is 268 Å². The van der Waals surface area contributed by atoms with Crippen LogP contribution in [0, 0.1) is 5.82 Å². The van der Waals surface area contributed by atoms with E-state index in [1.807, 2.05) is 79.0 Å². The first-order valence-corrected chi connectivity index (χ1v) is 16.1. The van der Waals surface area contributed by atoms with E-state index in [1.54, 1.807) is 23.9 Å². The minimum atomic E-state index is -0.288. The topological polar surface area (TPSA) is 45.2 Å². The smallest absolute Gasteiger partial charge is 0.251 e. The van der Waals surface area contributed by atoms with Gasteiger partial charge in [0.2, 0.25) is 0 Å². The molecular weight excluding hydrogens is 589 g/mol. The molecule has 4 aromatic carbocycles. The Balaban J connectivity index is 1.14. The molecule has 224 valence electrons.